The third-order valence-electron chi connectivity index (χ3n) is 3.12. The summed E-state index contributed by atoms with van der Waals surface area (Å²) in [6.45, 7) is 4.96. The van der Waals surface area contributed by atoms with Crippen molar-refractivity contribution in [2.24, 2.45) is 0 Å². The number of halogens is 1. The molecule has 3 nitrogen and oxygen atoms in total. The molecule has 0 atom stereocenters. The number of aromatic nitrogens is 2. The maximum atomic E-state index is 12.1. The van der Waals surface area contributed by atoms with Crippen molar-refractivity contribution < 1.29 is 4.79 Å². The fourth-order valence-corrected chi connectivity index (χ4v) is 2.58. The van der Waals surface area contributed by atoms with E-state index >= 15 is 0 Å². The molecule has 0 spiro atoms. The SMILES string of the molecule is CCCCCCCCC(=O)c1c(Br)cnn1CC. The van der Waals surface area contributed by atoms with E-state index in [1.807, 2.05) is 6.92 Å². The number of carbonyl (C=O) groups excluding carboxylic acids is 1. The summed E-state index contributed by atoms with van der Waals surface area (Å²) in [6, 6.07) is 0. The van der Waals surface area contributed by atoms with E-state index in [0.717, 1.165) is 29.6 Å². The van der Waals surface area contributed by atoms with Crippen molar-refractivity contribution in [1.29, 1.82) is 0 Å². The monoisotopic (exact) mass is 314 g/mol. The van der Waals surface area contributed by atoms with Gasteiger partial charge in [0, 0.05) is 13.0 Å². The molecule has 0 aromatic carbocycles. The summed E-state index contributed by atoms with van der Waals surface area (Å²) in [4.78, 5) is 12.1. The van der Waals surface area contributed by atoms with Crippen molar-refractivity contribution in [2.45, 2.75) is 65.3 Å². The molecule has 0 radical (unpaired) electrons. The number of ketones is 1. The van der Waals surface area contributed by atoms with Crippen LogP contribution in [-0.2, 0) is 6.54 Å². The minimum Gasteiger partial charge on any atom is -0.292 e. The van der Waals surface area contributed by atoms with Crippen LogP contribution in [-0.4, -0.2) is 15.6 Å². The van der Waals surface area contributed by atoms with Crippen LogP contribution in [0.4, 0.5) is 0 Å². The van der Waals surface area contributed by atoms with Crippen LogP contribution in [0.25, 0.3) is 0 Å². The van der Waals surface area contributed by atoms with Gasteiger partial charge in [-0.15, -0.1) is 0 Å². The molecule has 4 heteroatoms. The van der Waals surface area contributed by atoms with Gasteiger partial charge in [0.2, 0.25) is 0 Å². The highest BCUT2D eigenvalue weighted by Crippen LogP contribution is 2.19. The minimum atomic E-state index is 0.205. The summed E-state index contributed by atoms with van der Waals surface area (Å²) in [5.41, 5.74) is 0.728. The van der Waals surface area contributed by atoms with Gasteiger partial charge in [0.05, 0.1) is 10.7 Å². The maximum Gasteiger partial charge on any atom is 0.182 e. The van der Waals surface area contributed by atoms with Gasteiger partial charge in [-0.05, 0) is 29.3 Å². The van der Waals surface area contributed by atoms with Crippen molar-refractivity contribution >= 4 is 21.7 Å². The first-order valence-electron chi connectivity index (χ1n) is 6.95. The second kappa shape index (κ2) is 8.46. The largest absolute Gasteiger partial charge is 0.292 e. The lowest BCUT2D eigenvalue weighted by Crippen LogP contribution is -2.10. The number of Topliss-reactive ketones (excluding diaryl/α,β-unsaturated/α-hetero) is 1. The number of nitrogens with zero attached hydrogens (tertiary/aromatic N) is 2. The molecule has 1 heterocycles. The van der Waals surface area contributed by atoms with Crippen LogP contribution in [0.15, 0.2) is 10.7 Å². The van der Waals surface area contributed by atoms with E-state index in [-0.39, 0.29) is 5.78 Å². The third kappa shape index (κ3) is 4.56. The minimum absolute atomic E-state index is 0.205. The lowest BCUT2D eigenvalue weighted by atomic mass is 10.1. The van der Waals surface area contributed by atoms with Crippen molar-refractivity contribution in [3.05, 3.63) is 16.4 Å². The fourth-order valence-electron chi connectivity index (χ4n) is 2.06. The van der Waals surface area contributed by atoms with E-state index in [1.54, 1.807) is 10.9 Å². The molecular formula is C14H23BrN2O. The average Bonchev–Trinajstić information content (AvgIpc) is 2.74. The molecule has 0 aliphatic carbocycles. The second-order valence-electron chi connectivity index (χ2n) is 4.60. The Bertz CT molecular complexity index is 374. The molecule has 0 unspecified atom stereocenters. The van der Waals surface area contributed by atoms with Gasteiger partial charge in [-0.1, -0.05) is 39.0 Å². The predicted molar refractivity (Wildman–Crippen MR) is 77.9 cm³/mol. The Balaban J connectivity index is 2.34. The standard InChI is InChI=1S/C14H23BrN2O/c1-3-5-6-7-8-9-10-13(18)14-12(15)11-16-17(14)4-2/h11H,3-10H2,1-2H3. The number of aryl methyl sites for hydroxylation is 1. The highest BCUT2D eigenvalue weighted by molar-refractivity contribution is 9.10. The fraction of sp³-hybridized carbons (Fsp3) is 0.714. The molecule has 0 saturated heterocycles. The first-order chi connectivity index (χ1) is 8.70. The van der Waals surface area contributed by atoms with Gasteiger partial charge in [0.15, 0.2) is 5.78 Å². The summed E-state index contributed by atoms with van der Waals surface area (Å²) in [7, 11) is 0. The van der Waals surface area contributed by atoms with Gasteiger partial charge in [-0.3, -0.25) is 9.48 Å². The second-order valence-corrected chi connectivity index (χ2v) is 5.45. The Morgan fingerprint density at radius 3 is 2.56 bits per heavy atom. The summed E-state index contributed by atoms with van der Waals surface area (Å²) in [5.74, 6) is 0.205. The number of carbonyl (C=O) groups is 1. The third-order valence-corrected chi connectivity index (χ3v) is 3.70. The molecule has 1 aromatic rings. The molecule has 0 amide bonds. The van der Waals surface area contributed by atoms with Crippen molar-refractivity contribution in [2.75, 3.05) is 0 Å². The van der Waals surface area contributed by atoms with E-state index in [4.69, 9.17) is 0 Å². The van der Waals surface area contributed by atoms with Crippen molar-refractivity contribution in [1.82, 2.24) is 9.78 Å². The smallest absolute Gasteiger partial charge is 0.182 e. The van der Waals surface area contributed by atoms with Crippen LogP contribution in [0.5, 0.6) is 0 Å². The first kappa shape index (κ1) is 15.4. The summed E-state index contributed by atoms with van der Waals surface area (Å²) < 4.78 is 2.59. The Morgan fingerprint density at radius 2 is 1.89 bits per heavy atom. The zero-order valence-corrected chi connectivity index (χ0v) is 13.0. The molecular weight excluding hydrogens is 292 g/mol. The molecule has 0 saturated carbocycles. The van der Waals surface area contributed by atoms with Gasteiger partial charge in [-0.2, -0.15) is 5.10 Å². The topological polar surface area (TPSA) is 34.9 Å². The Labute approximate surface area is 118 Å². The van der Waals surface area contributed by atoms with Gasteiger partial charge < -0.3 is 0 Å². The van der Waals surface area contributed by atoms with Crippen LogP contribution in [0, 0.1) is 0 Å². The van der Waals surface area contributed by atoms with Crippen LogP contribution >= 0.6 is 15.9 Å². The molecule has 18 heavy (non-hydrogen) atoms. The molecule has 0 aliphatic heterocycles. The lowest BCUT2D eigenvalue weighted by molar-refractivity contribution is 0.0968. The maximum absolute atomic E-state index is 12.1. The highest BCUT2D eigenvalue weighted by Gasteiger charge is 2.15. The molecule has 1 aromatic heterocycles. The van der Waals surface area contributed by atoms with E-state index in [0.29, 0.717) is 6.42 Å². The molecule has 0 fully saturated rings. The number of hydrogen-bond acceptors (Lipinski definition) is 2. The number of unbranched alkanes of at least 4 members (excludes halogenated alkanes) is 5. The lowest BCUT2D eigenvalue weighted by Gasteiger charge is -2.05. The zero-order chi connectivity index (χ0) is 13.4. The predicted octanol–water partition coefficient (Wildman–Crippen LogP) is 4.60. The van der Waals surface area contributed by atoms with E-state index in [2.05, 4.69) is 28.0 Å². The Morgan fingerprint density at radius 1 is 1.22 bits per heavy atom. The number of rotatable bonds is 9. The van der Waals surface area contributed by atoms with E-state index < -0.39 is 0 Å². The Hall–Kier alpha value is -0.640. The van der Waals surface area contributed by atoms with Crippen molar-refractivity contribution in [3.8, 4) is 0 Å². The summed E-state index contributed by atoms with van der Waals surface area (Å²) in [6.07, 6.45) is 9.60. The quantitative estimate of drug-likeness (QED) is 0.493. The molecule has 0 aliphatic rings. The Kier molecular flexibility index (Phi) is 7.25. The average molecular weight is 315 g/mol. The van der Waals surface area contributed by atoms with Gasteiger partial charge in [0.25, 0.3) is 0 Å². The number of hydrogen-bond donors (Lipinski definition) is 0. The molecule has 1 rings (SSSR count). The van der Waals surface area contributed by atoms with Crippen LogP contribution in [0.1, 0.15) is 69.3 Å². The van der Waals surface area contributed by atoms with Crippen LogP contribution < -0.4 is 0 Å². The van der Waals surface area contributed by atoms with Crippen LogP contribution in [0.3, 0.4) is 0 Å². The van der Waals surface area contributed by atoms with E-state index in [9.17, 15) is 4.79 Å². The highest BCUT2D eigenvalue weighted by atomic mass is 79.9. The van der Waals surface area contributed by atoms with Crippen molar-refractivity contribution in [3.63, 3.8) is 0 Å². The molecule has 102 valence electrons. The normalized spacial score (nSPS) is 10.8. The summed E-state index contributed by atoms with van der Waals surface area (Å²) >= 11 is 3.40. The van der Waals surface area contributed by atoms with Crippen LogP contribution in [0.2, 0.25) is 0 Å². The zero-order valence-electron chi connectivity index (χ0n) is 11.4. The first-order valence-corrected chi connectivity index (χ1v) is 7.74. The van der Waals surface area contributed by atoms with Gasteiger partial charge >= 0.3 is 0 Å². The van der Waals surface area contributed by atoms with E-state index in [1.165, 1.54) is 25.7 Å². The molecule has 0 N–H and O–H groups in total. The van der Waals surface area contributed by atoms with Gasteiger partial charge in [-0.25, -0.2) is 0 Å². The van der Waals surface area contributed by atoms with Gasteiger partial charge in [0.1, 0.15) is 5.69 Å². The summed E-state index contributed by atoms with van der Waals surface area (Å²) in [5, 5.41) is 4.17. The molecule has 0 bridgehead atoms.